The molecule has 0 saturated carbocycles. The van der Waals surface area contributed by atoms with E-state index in [1.807, 2.05) is 6.07 Å². The van der Waals surface area contributed by atoms with Gasteiger partial charge in [0.1, 0.15) is 24.7 Å². The van der Waals surface area contributed by atoms with Crippen LogP contribution in [0.3, 0.4) is 0 Å². The third-order valence-corrected chi connectivity index (χ3v) is 6.97. The quantitative estimate of drug-likeness (QED) is 0.302. The molecular formula is C24H15Cl4NO4S. The number of hydrogen-bond donors (Lipinski definition) is 1. The summed E-state index contributed by atoms with van der Waals surface area (Å²) in [5.41, 5.74) is 2.22. The van der Waals surface area contributed by atoms with Crippen molar-refractivity contribution in [2.45, 2.75) is 13.2 Å². The van der Waals surface area contributed by atoms with Crippen LogP contribution < -0.4 is 14.8 Å². The highest BCUT2D eigenvalue weighted by atomic mass is 35.5. The molecule has 174 valence electrons. The minimum absolute atomic E-state index is 0.217. The van der Waals surface area contributed by atoms with E-state index >= 15 is 0 Å². The number of halogens is 4. The van der Waals surface area contributed by atoms with Gasteiger partial charge in [0.15, 0.2) is 0 Å². The molecule has 1 N–H and O–H groups in total. The predicted molar refractivity (Wildman–Crippen MR) is 137 cm³/mol. The van der Waals surface area contributed by atoms with E-state index in [0.29, 0.717) is 37.2 Å². The van der Waals surface area contributed by atoms with E-state index in [9.17, 15) is 9.59 Å². The number of nitrogens with one attached hydrogen (secondary N) is 1. The monoisotopic (exact) mass is 553 g/mol. The topological polar surface area (TPSA) is 64.6 Å². The Morgan fingerprint density at radius 3 is 1.94 bits per heavy atom. The molecule has 0 unspecified atom stereocenters. The number of hydrogen-bond acceptors (Lipinski definition) is 5. The smallest absolute Gasteiger partial charge is 0.290 e. The van der Waals surface area contributed by atoms with Gasteiger partial charge < -0.3 is 9.47 Å². The third-order valence-electron chi connectivity index (χ3n) is 4.68. The Morgan fingerprint density at radius 2 is 1.38 bits per heavy atom. The van der Waals surface area contributed by atoms with Crippen LogP contribution in [-0.2, 0) is 18.0 Å². The number of carbonyl (C=O) groups excluding carboxylic acids is 2. The highest BCUT2D eigenvalue weighted by molar-refractivity contribution is 8.18. The van der Waals surface area contributed by atoms with Gasteiger partial charge in [-0.15, -0.1) is 0 Å². The number of rotatable bonds is 7. The number of amides is 2. The maximum absolute atomic E-state index is 12.1. The maximum atomic E-state index is 12.1. The van der Waals surface area contributed by atoms with Gasteiger partial charge in [-0.1, -0.05) is 58.5 Å². The molecule has 10 heteroatoms. The Hall–Kier alpha value is -2.35. The van der Waals surface area contributed by atoms with Gasteiger partial charge >= 0.3 is 0 Å². The van der Waals surface area contributed by atoms with E-state index in [4.69, 9.17) is 55.9 Å². The molecule has 5 nitrogen and oxygen atoms in total. The first kappa shape index (κ1) is 24.8. The Kier molecular flexibility index (Phi) is 7.96. The summed E-state index contributed by atoms with van der Waals surface area (Å²) in [7, 11) is 0. The normalized spacial score (nSPS) is 14.4. The number of ether oxygens (including phenoxy) is 2. The summed E-state index contributed by atoms with van der Waals surface area (Å²) in [6, 6.07) is 15.7. The second kappa shape index (κ2) is 10.9. The number of imide groups is 1. The lowest BCUT2D eigenvalue weighted by Gasteiger charge is -2.13. The third kappa shape index (κ3) is 6.20. The van der Waals surface area contributed by atoms with Gasteiger partial charge in [-0.2, -0.15) is 0 Å². The molecular weight excluding hydrogens is 540 g/mol. The van der Waals surface area contributed by atoms with Crippen LogP contribution in [0.1, 0.15) is 16.7 Å². The summed E-state index contributed by atoms with van der Waals surface area (Å²) >= 11 is 24.9. The molecule has 3 aromatic carbocycles. The van der Waals surface area contributed by atoms with Gasteiger partial charge in [-0.05, 0) is 71.4 Å². The van der Waals surface area contributed by atoms with Crippen molar-refractivity contribution in [3.8, 4) is 11.5 Å². The summed E-state index contributed by atoms with van der Waals surface area (Å²) in [5, 5.41) is 3.59. The van der Waals surface area contributed by atoms with Gasteiger partial charge in [0.05, 0.1) is 25.0 Å². The van der Waals surface area contributed by atoms with Crippen molar-refractivity contribution < 1.29 is 19.1 Å². The first-order valence-electron chi connectivity index (χ1n) is 9.81. The van der Waals surface area contributed by atoms with Crippen molar-refractivity contribution in [2.24, 2.45) is 0 Å². The molecule has 0 aromatic heterocycles. The standard InChI is InChI=1S/C24H15Cl4NO4S/c25-17-4-1-13(7-19(17)27)11-32-16-3-6-21(33-12-14-2-5-18(26)20(28)8-14)15(9-16)10-22-23(30)29-24(31)34-22/h1-10H,11-12H2,(H,29,30,31). The van der Waals surface area contributed by atoms with Crippen LogP contribution in [0.25, 0.3) is 6.08 Å². The van der Waals surface area contributed by atoms with Gasteiger partial charge in [-0.25, -0.2) is 0 Å². The average molecular weight is 555 g/mol. The summed E-state index contributed by atoms with van der Waals surface area (Å²) in [5.74, 6) is 0.565. The number of carbonyl (C=O) groups is 2. The first-order chi connectivity index (χ1) is 16.3. The Balaban J connectivity index is 1.57. The molecule has 3 aromatic rings. The van der Waals surface area contributed by atoms with Crippen LogP contribution in [-0.4, -0.2) is 11.1 Å². The van der Waals surface area contributed by atoms with Crippen molar-refractivity contribution in [1.29, 1.82) is 0 Å². The molecule has 1 heterocycles. The Bertz CT molecular complexity index is 1310. The zero-order valence-electron chi connectivity index (χ0n) is 17.2. The van der Waals surface area contributed by atoms with Crippen LogP contribution in [0, 0.1) is 0 Å². The number of thioether (sulfide) groups is 1. The van der Waals surface area contributed by atoms with Crippen molar-refractivity contribution in [3.05, 3.63) is 96.3 Å². The zero-order valence-corrected chi connectivity index (χ0v) is 21.1. The van der Waals surface area contributed by atoms with Crippen molar-refractivity contribution in [2.75, 3.05) is 0 Å². The molecule has 1 aliphatic rings. The fourth-order valence-corrected chi connectivity index (χ4v) is 4.32. The van der Waals surface area contributed by atoms with Crippen LogP contribution in [0.15, 0.2) is 59.5 Å². The summed E-state index contributed by atoms with van der Waals surface area (Å²) < 4.78 is 11.9. The lowest BCUT2D eigenvalue weighted by molar-refractivity contribution is -0.115. The van der Waals surface area contributed by atoms with Crippen LogP contribution in [0.4, 0.5) is 4.79 Å². The SMILES string of the molecule is O=C1NC(=O)C(=Cc2cc(OCc3ccc(Cl)c(Cl)c3)ccc2OCc2ccc(Cl)c(Cl)c2)S1. The molecule has 0 bridgehead atoms. The van der Waals surface area contributed by atoms with Crippen LogP contribution in [0.5, 0.6) is 11.5 Å². The summed E-state index contributed by atoms with van der Waals surface area (Å²) in [4.78, 5) is 23.9. The highest BCUT2D eigenvalue weighted by Gasteiger charge is 2.25. The minimum Gasteiger partial charge on any atom is -0.489 e. The molecule has 2 amide bonds. The molecule has 0 spiro atoms. The second-order valence-corrected chi connectivity index (χ2v) is 9.77. The molecule has 0 atom stereocenters. The van der Waals surface area contributed by atoms with Crippen LogP contribution in [0.2, 0.25) is 20.1 Å². The molecule has 1 fully saturated rings. The molecule has 0 aliphatic carbocycles. The van der Waals surface area contributed by atoms with E-state index in [2.05, 4.69) is 5.32 Å². The summed E-state index contributed by atoms with van der Waals surface area (Å²) in [6.07, 6.45) is 1.58. The fourth-order valence-electron chi connectivity index (χ4n) is 3.01. The van der Waals surface area contributed by atoms with E-state index in [-0.39, 0.29) is 18.1 Å². The summed E-state index contributed by atoms with van der Waals surface area (Å²) in [6.45, 7) is 0.471. The van der Waals surface area contributed by atoms with E-state index < -0.39 is 11.1 Å². The first-order valence-corrected chi connectivity index (χ1v) is 12.1. The molecule has 34 heavy (non-hydrogen) atoms. The predicted octanol–water partition coefficient (Wildman–Crippen LogP) is 7.78. The molecule has 1 aliphatic heterocycles. The molecule has 4 rings (SSSR count). The van der Waals surface area contributed by atoms with Gasteiger partial charge in [0.25, 0.3) is 11.1 Å². The second-order valence-electron chi connectivity index (χ2n) is 7.13. The van der Waals surface area contributed by atoms with E-state index in [1.54, 1.807) is 54.6 Å². The van der Waals surface area contributed by atoms with E-state index in [0.717, 1.165) is 22.9 Å². The molecule has 0 radical (unpaired) electrons. The largest absolute Gasteiger partial charge is 0.489 e. The van der Waals surface area contributed by atoms with Crippen molar-refractivity contribution in [3.63, 3.8) is 0 Å². The van der Waals surface area contributed by atoms with Gasteiger partial charge in [-0.3, -0.25) is 14.9 Å². The van der Waals surface area contributed by atoms with Gasteiger partial charge in [0.2, 0.25) is 0 Å². The Labute approximate surface area is 219 Å². The van der Waals surface area contributed by atoms with E-state index in [1.165, 1.54) is 0 Å². The Morgan fingerprint density at radius 1 is 0.765 bits per heavy atom. The zero-order chi connectivity index (χ0) is 24.2. The highest BCUT2D eigenvalue weighted by Crippen LogP contribution is 2.33. The minimum atomic E-state index is -0.465. The van der Waals surface area contributed by atoms with Crippen LogP contribution >= 0.6 is 58.2 Å². The fraction of sp³-hybridized carbons (Fsp3) is 0.0833. The molecule has 1 saturated heterocycles. The lowest BCUT2D eigenvalue weighted by atomic mass is 10.1. The van der Waals surface area contributed by atoms with Gasteiger partial charge in [0, 0.05) is 5.56 Å². The number of benzene rings is 3. The lowest BCUT2D eigenvalue weighted by Crippen LogP contribution is -2.17. The average Bonchev–Trinajstić information content (AvgIpc) is 3.12. The van der Waals surface area contributed by atoms with Crippen molar-refractivity contribution >= 4 is 75.4 Å². The maximum Gasteiger partial charge on any atom is 0.290 e. The van der Waals surface area contributed by atoms with Crippen molar-refractivity contribution in [1.82, 2.24) is 5.32 Å².